The first-order valence-electron chi connectivity index (χ1n) is 7.84. The molecule has 2 unspecified atom stereocenters. The molecule has 1 N–H and O–H groups in total. The van der Waals surface area contributed by atoms with Crippen molar-refractivity contribution in [2.75, 3.05) is 13.1 Å². The minimum atomic E-state index is -2.36. The maximum absolute atomic E-state index is 12.9. The van der Waals surface area contributed by atoms with Gasteiger partial charge < -0.3 is 5.32 Å². The molecule has 1 nitrogen and oxygen atoms in total. The van der Waals surface area contributed by atoms with Crippen LogP contribution in [0.3, 0.4) is 0 Å². The summed E-state index contributed by atoms with van der Waals surface area (Å²) >= 11 is 0. The van der Waals surface area contributed by atoms with E-state index in [1.54, 1.807) is 18.2 Å². The zero-order valence-electron chi connectivity index (χ0n) is 11.8. The van der Waals surface area contributed by atoms with E-state index in [9.17, 15) is 8.78 Å². The van der Waals surface area contributed by atoms with E-state index in [0.717, 1.165) is 31.0 Å². The summed E-state index contributed by atoms with van der Waals surface area (Å²) < 4.78 is 25.8. The van der Waals surface area contributed by atoms with Gasteiger partial charge >= 0.3 is 0 Å². The van der Waals surface area contributed by atoms with E-state index in [1.165, 1.54) is 25.7 Å². The lowest BCUT2D eigenvalue weighted by molar-refractivity contribution is 0.151. The Kier molecular flexibility index (Phi) is 4.35. The number of benzene rings is 1. The van der Waals surface area contributed by atoms with Gasteiger partial charge in [-0.25, -0.2) is 8.78 Å². The summed E-state index contributed by atoms with van der Waals surface area (Å²) in [5.41, 5.74) is 1.30. The molecular weight excluding hydrogens is 256 g/mol. The second-order valence-electron chi connectivity index (χ2n) is 6.28. The Bertz CT molecular complexity index is 440. The summed E-state index contributed by atoms with van der Waals surface area (Å²) in [7, 11) is 0. The normalized spacial score (nSPS) is 28.1. The van der Waals surface area contributed by atoms with Crippen LogP contribution in [0.4, 0.5) is 8.78 Å². The van der Waals surface area contributed by atoms with Crippen molar-refractivity contribution in [1.29, 1.82) is 0 Å². The molecule has 0 spiro atoms. The van der Waals surface area contributed by atoms with E-state index >= 15 is 0 Å². The Labute approximate surface area is 119 Å². The Morgan fingerprint density at radius 3 is 2.65 bits per heavy atom. The van der Waals surface area contributed by atoms with E-state index in [1.807, 2.05) is 6.07 Å². The first-order valence-corrected chi connectivity index (χ1v) is 7.84. The second kappa shape index (κ2) is 6.21. The molecule has 1 saturated heterocycles. The number of piperidine rings is 1. The summed E-state index contributed by atoms with van der Waals surface area (Å²) in [5.74, 6) is 1.86. The van der Waals surface area contributed by atoms with E-state index in [4.69, 9.17) is 0 Å². The summed E-state index contributed by atoms with van der Waals surface area (Å²) in [6.45, 7) is 2.06. The lowest BCUT2D eigenvalue weighted by atomic mass is 9.73. The molecule has 3 heteroatoms. The maximum atomic E-state index is 12.9. The smallest absolute Gasteiger partial charge is 0.263 e. The Balaban J connectivity index is 1.83. The van der Waals surface area contributed by atoms with Gasteiger partial charge in [0.15, 0.2) is 0 Å². The van der Waals surface area contributed by atoms with Crippen molar-refractivity contribution in [3.05, 3.63) is 35.4 Å². The van der Waals surface area contributed by atoms with Gasteiger partial charge in [0.1, 0.15) is 0 Å². The van der Waals surface area contributed by atoms with Gasteiger partial charge in [0.2, 0.25) is 0 Å². The fourth-order valence-electron chi connectivity index (χ4n) is 4.10. The Morgan fingerprint density at radius 1 is 1.10 bits per heavy atom. The van der Waals surface area contributed by atoms with Crippen LogP contribution < -0.4 is 5.32 Å². The van der Waals surface area contributed by atoms with Crippen LogP contribution in [0.15, 0.2) is 24.3 Å². The molecule has 0 bridgehead atoms. The highest BCUT2D eigenvalue weighted by atomic mass is 19.3. The molecule has 1 heterocycles. The van der Waals surface area contributed by atoms with Crippen molar-refractivity contribution in [1.82, 2.24) is 5.32 Å². The van der Waals surface area contributed by atoms with Gasteiger partial charge in [0, 0.05) is 5.56 Å². The molecule has 1 aromatic carbocycles. The van der Waals surface area contributed by atoms with Gasteiger partial charge in [-0.2, -0.15) is 0 Å². The molecule has 1 aromatic rings. The van der Waals surface area contributed by atoms with Gasteiger partial charge in [-0.15, -0.1) is 0 Å². The monoisotopic (exact) mass is 279 g/mol. The van der Waals surface area contributed by atoms with Crippen molar-refractivity contribution >= 4 is 0 Å². The average molecular weight is 279 g/mol. The molecule has 1 aliphatic heterocycles. The number of alkyl halides is 2. The number of rotatable bonds is 3. The maximum Gasteiger partial charge on any atom is 0.263 e. The van der Waals surface area contributed by atoms with Crippen LogP contribution in [0.25, 0.3) is 0 Å². The highest BCUT2D eigenvalue weighted by Crippen LogP contribution is 2.42. The van der Waals surface area contributed by atoms with Crippen LogP contribution in [0, 0.1) is 11.8 Å². The third-order valence-corrected chi connectivity index (χ3v) is 5.13. The van der Waals surface area contributed by atoms with Crippen LogP contribution in [0.5, 0.6) is 0 Å². The predicted octanol–water partition coefficient (Wildman–Crippen LogP) is 4.51. The fourth-order valence-corrected chi connectivity index (χ4v) is 4.10. The zero-order chi connectivity index (χ0) is 13.9. The highest BCUT2D eigenvalue weighted by molar-refractivity contribution is 5.28. The number of hydrogen-bond donors (Lipinski definition) is 1. The van der Waals surface area contributed by atoms with Gasteiger partial charge in [-0.1, -0.05) is 43.9 Å². The zero-order valence-corrected chi connectivity index (χ0v) is 11.8. The van der Waals surface area contributed by atoms with Crippen molar-refractivity contribution in [2.24, 2.45) is 11.8 Å². The summed E-state index contributed by atoms with van der Waals surface area (Å²) in [6.07, 6.45) is 4.03. The number of hydrogen-bond acceptors (Lipinski definition) is 1. The van der Waals surface area contributed by atoms with Crippen LogP contribution in [0.1, 0.15) is 55.6 Å². The molecule has 110 valence electrons. The Morgan fingerprint density at radius 2 is 1.90 bits per heavy atom. The largest absolute Gasteiger partial charge is 0.316 e. The van der Waals surface area contributed by atoms with Crippen molar-refractivity contribution in [2.45, 2.75) is 44.4 Å². The van der Waals surface area contributed by atoms with Crippen molar-refractivity contribution in [3.8, 4) is 0 Å². The summed E-state index contributed by atoms with van der Waals surface area (Å²) in [6, 6.07) is 7.12. The van der Waals surface area contributed by atoms with Gasteiger partial charge in [-0.05, 0) is 48.9 Å². The minimum Gasteiger partial charge on any atom is -0.316 e. The third-order valence-electron chi connectivity index (χ3n) is 5.13. The van der Waals surface area contributed by atoms with Crippen LogP contribution in [-0.4, -0.2) is 13.1 Å². The molecule has 2 aliphatic rings. The highest BCUT2D eigenvalue weighted by Gasteiger charge is 2.34. The second-order valence-corrected chi connectivity index (χ2v) is 6.28. The molecule has 2 atom stereocenters. The van der Waals surface area contributed by atoms with Crippen LogP contribution in [-0.2, 0) is 0 Å². The fraction of sp³-hybridized carbons (Fsp3) is 0.647. The lowest BCUT2D eigenvalue weighted by Gasteiger charge is -2.36. The molecule has 3 rings (SSSR count). The topological polar surface area (TPSA) is 12.0 Å². The van der Waals surface area contributed by atoms with Gasteiger partial charge in [0.05, 0.1) is 0 Å². The number of nitrogens with one attached hydrogen (secondary N) is 1. The first-order chi connectivity index (χ1) is 9.75. The molecule has 0 aromatic heterocycles. The summed E-state index contributed by atoms with van der Waals surface area (Å²) in [5, 5.41) is 3.50. The lowest BCUT2D eigenvalue weighted by Crippen LogP contribution is -2.38. The van der Waals surface area contributed by atoms with E-state index in [-0.39, 0.29) is 5.56 Å². The van der Waals surface area contributed by atoms with E-state index in [2.05, 4.69) is 5.32 Å². The molecule has 2 fully saturated rings. The van der Waals surface area contributed by atoms with Gasteiger partial charge in [0.25, 0.3) is 6.43 Å². The molecule has 1 aliphatic carbocycles. The first kappa shape index (κ1) is 14.0. The number of halogens is 2. The minimum absolute atomic E-state index is 0.172. The quantitative estimate of drug-likeness (QED) is 0.858. The van der Waals surface area contributed by atoms with E-state index < -0.39 is 6.43 Å². The molecule has 20 heavy (non-hydrogen) atoms. The van der Waals surface area contributed by atoms with Crippen molar-refractivity contribution < 1.29 is 8.78 Å². The van der Waals surface area contributed by atoms with Crippen molar-refractivity contribution in [3.63, 3.8) is 0 Å². The van der Waals surface area contributed by atoms with Crippen LogP contribution >= 0.6 is 0 Å². The van der Waals surface area contributed by atoms with Gasteiger partial charge in [-0.3, -0.25) is 0 Å². The van der Waals surface area contributed by atoms with Crippen LogP contribution in [0.2, 0.25) is 0 Å². The Hall–Kier alpha value is -0.960. The molecule has 1 saturated carbocycles. The molecule has 0 radical (unpaired) electrons. The third kappa shape index (κ3) is 2.88. The average Bonchev–Trinajstić information content (AvgIpc) is 3.01. The molecular formula is C17H23F2N. The summed E-state index contributed by atoms with van der Waals surface area (Å²) in [4.78, 5) is 0. The SMILES string of the molecule is FC(F)c1cccc(C2CCNCC2C2CCCC2)c1. The predicted molar refractivity (Wildman–Crippen MR) is 77.1 cm³/mol. The standard InChI is InChI=1S/C17H23F2N/c18-17(19)14-7-3-6-13(10-14)15-8-9-20-11-16(15)12-4-1-2-5-12/h3,6-7,10,12,15-17,20H,1-2,4-5,8-9,11H2. The van der Waals surface area contributed by atoms with E-state index in [0.29, 0.717) is 11.8 Å². The molecule has 0 amide bonds.